The summed E-state index contributed by atoms with van der Waals surface area (Å²) in [5.41, 5.74) is 0.0286. The molecule has 106 valence electrons. The van der Waals surface area contributed by atoms with Gasteiger partial charge >= 0.3 is 0 Å². The molecule has 2 heterocycles. The topological polar surface area (TPSA) is 80.0 Å². The molecule has 0 radical (unpaired) electrons. The molecular weight excluding hydrogens is 256 g/mol. The fourth-order valence-electron chi connectivity index (χ4n) is 1.57. The Morgan fingerprint density at radius 2 is 2.15 bits per heavy atom. The normalized spacial score (nSPS) is 11.2. The Kier molecular flexibility index (Phi) is 4.02. The zero-order chi connectivity index (χ0) is 14.6. The second-order valence-electron chi connectivity index (χ2n) is 5.43. The Balaban J connectivity index is 2.02. The minimum atomic E-state index is -0.302. The molecule has 0 aliphatic heterocycles. The van der Waals surface area contributed by atoms with E-state index in [0.29, 0.717) is 18.1 Å². The summed E-state index contributed by atoms with van der Waals surface area (Å²) in [6, 6.07) is 5.30. The lowest BCUT2D eigenvalue weighted by Gasteiger charge is -2.20. The lowest BCUT2D eigenvalue weighted by atomic mass is 10.1. The van der Waals surface area contributed by atoms with Gasteiger partial charge in [-0.1, -0.05) is 0 Å². The standard InChI is InChI=1S/C14H18N4O2/c1-14(2,3)18-13(19)11-7-12(17-9-16-11)15-8-10-5-4-6-20-10/h4-7,9H,8H2,1-3H3,(H,18,19)(H,15,16,17). The zero-order valence-electron chi connectivity index (χ0n) is 11.8. The van der Waals surface area contributed by atoms with Gasteiger partial charge in [0.25, 0.3) is 5.91 Å². The summed E-state index contributed by atoms with van der Waals surface area (Å²) in [4.78, 5) is 20.1. The summed E-state index contributed by atoms with van der Waals surface area (Å²) in [7, 11) is 0. The molecule has 6 heteroatoms. The second kappa shape index (κ2) is 5.73. The molecule has 0 saturated heterocycles. The van der Waals surface area contributed by atoms with E-state index in [4.69, 9.17) is 4.42 Å². The number of hydrogen-bond acceptors (Lipinski definition) is 5. The molecular formula is C14H18N4O2. The largest absolute Gasteiger partial charge is 0.467 e. The highest BCUT2D eigenvalue weighted by Gasteiger charge is 2.16. The smallest absolute Gasteiger partial charge is 0.270 e. The van der Waals surface area contributed by atoms with Gasteiger partial charge in [0.05, 0.1) is 12.8 Å². The van der Waals surface area contributed by atoms with Gasteiger partial charge in [-0.05, 0) is 32.9 Å². The van der Waals surface area contributed by atoms with Crippen LogP contribution in [0.15, 0.2) is 35.2 Å². The predicted octanol–water partition coefficient (Wildman–Crippen LogP) is 2.21. The number of carbonyl (C=O) groups excluding carboxylic acids is 1. The summed E-state index contributed by atoms with van der Waals surface area (Å²) >= 11 is 0. The van der Waals surface area contributed by atoms with Crippen molar-refractivity contribution in [2.24, 2.45) is 0 Å². The van der Waals surface area contributed by atoms with Gasteiger partial charge in [-0.25, -0.2) is 9.97 Å². The van der Waals surface area contributed by atoms with Crippen molar-refractivity contribution in [1.82, 2.24) is 15.3 Å². The average molecular weight is 274 g/mol. The number of hydrogen-bond donors (Lipinski definition) is 2. The number of furan rings is 1. The molecule has 0 atom stereocenters. The van der Waals surface area contributed by atoms with Crippen molar-refractivity contribution in [3.63, 3.8) is 0 Å². The number of amides is 1. The minimum Gasteiger partial charge on any atom is -0.467 e. The van der Waals surface area contributed by atoms with Gasteiger partial charge in [0.15, 0.2) is 0 Å². The fourth-order valence-corrected chi connectivity index (χ4v) is 1.57. The third-order valence-electron chi connectivity index (χ3n) is 2.41. The monoisotopic (exact) mass is 274 g/mol. The van der Waals surface area contributed by atoms with E-state index in [0.717, 1.165) is 5.76 Å². The molecule has 0 aliphatic carbocycles. The molecule has 2 N–H and O–H groups in total. The Morgan fingerprint density at radius 3 is 2.80 bits per heavy atom. The van der Waals surface area contributed by atoms with E-state index in [1.165, 1.54) is 6.33 Å². The van der Waals surface area contributed by atoms with Crippen molar-refractivity contribution in [2.75, 3.05) is 5.32 Å². The van der Waals surface area contributed by atoms with Crippen LogP contribution in [0.4, 0.5) is 5.82 Å². The molecule has 6 nitrogen and oxygen atoms in total. The van der Waals surface area contributed by atoms with Gasteiger partial charge in [0.2, 0.25) is 0 Å². The summed E-state index contributed by atoms with van der Waals surface area (Å²) in [6.07, 6.45) is 2.97. The SMILES string of the molecule is CC(C)(C)NC(=O)c1cc(NCc2ccco2)ncn1. The van der Waals surface area contributed by atoms with Crippen LogP contribution < -0.4 is 10.6 Å². The van der Waals surface area contributed by atoms with Crippen LogP contribution in [0, 0.1) is 0 Å². The first-order valence-corrected chi connectivity index (χ1v) is 6.35. The Morgan fingerprint density at radius 1 is 1.35 bits per heavy atom. The molecule has 1 amide bonds. The summed E-state index contributed by atoms with van der Waals surface area (Å²) in [5.74, 6) is 1.15. The molecule has 0 spiro atoms. The van der Waals surface area contributed by atoms with Crippen LogP contribution in [0.5, 0.6) is 0 Å². The van der Waals surface area contributed by atoms with E-state index < -0.39 is 0 Å². The third-order valence-corrected chi connectivity index (χ3v) is 2.41. The number of rotatable bonds is 4. The highest BCUT2D eigenvalue weighted by atomic mass is 16.3. The molecule has 0 aromatic carbocycles. The molecule has 0 fully saturated rings. The first-order valence-electron chi connectivity index (χ1n) is 6.35. The van der Waals surface area contributed by atoms with E-state index in [1.807, 2.05) is 32.9 Å². The highest BCUT2D eigenvalue weighted by Crippen LogP contribution is 2.09. The fraction of sp³-hybridized carbons (Fsp3) is 0.357. The quantitative estimate of drug-likeness (QED) is 0.893. The zero-order valence-corrected chi connectivity index (χ0v) is 11.8. The molecule has 0 unspecified atom stereocenters. The van der Waals surface area contributed by atoms with Gasteiger partial charge in [0, 0.05) is 11.6 Å². The number of aromatic nitrogens is 2. The third kappa shape index (κ3) is 4.08. The Hall–Kier alpha value is -2.37. The van der Waals surface area contributed by atoms with Gasteiger partial charge < -0.3 is 15.1 Å². The number of carbonyl (C=O) groups is 1. The molecule has 0 aliphatic rings. The predicted molar refractivity (Wildman–Crippen MR) is 75.3 cm³/mol. The minimum absolute atomic E-state index is 0.221. The van der Waals surface area contributed by atoms with Gasteiger partial charge in [-0.3, -0.25) is 4.79 Å². The lowest BCUT2D eigenvalue weighted by Crippen LogP contribution is -2.40. The molecule has 2 aromatic rings. The van der Waals surface area contributed by atoms with Crippen molar-refractivity contribution in [3.8, 4) is 0 Å². The van der Waals surface area contributed by atoms with Crippen LogP contribution in [0.2, 0.25) is 0 Å². The maximum absolute atomic E-state index is 12.0. The van der Waals surface area contributed by atoms with Gasteiger partial charge in [-0.2, -0.15) is 0 Å². The molecule has 2 aromatic heterocycles. The van der Waals surface area contributed by atoms with E-state index in [-0.39, 0.29) is 11.4 Å². The molecule has 0 saturated carbocycles. The highest BCUT2D eigenvalue weighted by molar-refractivity contribution is 5.93. The molecule has 2 rings (SSSR count). The van der Waals surface area contributed by atoms with E-state index in [2.05, 4.69) is 20.6 Å². The van der Waals surface area contributed by atoms with Crippen LogP contribution in [0.25, 0.3) is 0 Å². The van der Waals surface area contributed by atoms with Crippen LogP contribution in [0.1, 0.15) is 37.0 Å². The first-order chi connectivity index (χ1) is 9.44. The van der Waals surface area contributed by atoms with Crippen LogP contribution >= 0.6 is 0 Å². The second-order valence-corrected chi connectivity index (χ2v) is 5.43. The maximum atomic E-state index is 12.0. The van der Waals surface area contributed by atoms with Crippen molar-refractivity contribution in [3.05, 3.63) is 42.2 Å². The lowest BCUT2D eigenvalue weighted by molar-refractivity contribution is 0.0914. The summed E-state index contributed by atoms with van der Waals surface area (Å²) in [5, 5.41) is 5.94. The number of nitrogens with one attached hydrogen (secondary N) is 2. The van der Waals surface area contributed by atoms with Crippen LogP contribution in [-0.4, -0.2) is 21.4 Å². The van der Waals surface area contributed by atoms with Crippen molar-refractivity contribution in [2.45, 2.75) is 32.9 Å². The van der Waals surface area contributed by atoms with Crippen molar-refractivity contribution in [1.29, 1.82) is 0 Å². The van der Waals surface area contributed by atoms with Crippen LogP contribution in [0.3, 0.4) is 0 Å². The average Bonchev–Trinajstić information content (AvgIpc) is 2.88. The molecule has 0 bridgehead atoms. The van der Waals surface area contributed by atoms with Gasteiger partial charge in [-0.15, -0.1) is 0 Å². The van der Waals surface area contributed by atoms with Crippen molar-refractivity contribution < 1.29 is 9.21 Å². The van der Waals surface area contributed by atoms with E-state index in [9.17, 15) is 4.79 Å². The van der Waals surface area contributed by atoms with Crippen LogP contribution in [-0.2, 0) is 6.54 Å². The molecule has 20 heavy (non-hydrogen) atoms. The van der Waals surface area contributed by atoms with E-state index >= 15 is 0 Å². The summed E-state index contributed by atoms with van der Waals surface area (Å²) in [6.45, 7) is 6.26. The Labute approximate surface area is 117 Å². The maximum Gasteiger partial charge on any atom is 0.270 e. The van der Waals surface area contributed by atoms with E-state index in [1.54, 1.807) is 12.3 Å². The summed E-state index contributed by atoms with van der Waals surface area (Å²) < 4.78 is 5.21. The first kappa shape index (κ1) is 14.0. The number of anilines is 1. The Bertz CT molecular complexity index is 573. The van der Waals surface area contributed by atoms with Crippen molar-refractivity contribution >= 4 is 11.7 Å². The number of nitrogens with zero attached hydrogens (tertiary/aromatic N) is 2. The van der Waals surface area contributed by atoms with Gasteiger partial charge in [0.1, 0.15) is 23.6 Å².